The number of hydrogen-bond acceptors (Lipinski definition) is 5. The summed E-state index contributed by atoms with van der Waals surface area (Å²) in [4.78, 5) is 21.8. The number of carboxylic acids is 1. The van der Waals surface area contributed by atoms with Crippen LogP contribution in [0.1, 0.15) is 29.2 Å². The van der Waals surface area contributed by atoms with Crippen molar-refractivity contribution in [2.24, 2.45) is 0 Å². The van der Waals surface area contributed by atoms with Crippen molar-refractivity contribution in [2.45, 2.75) is 18.9 Å². The van der Waals surface area contributed by atoms with Gasteiger partial charge in [-0.15, -0.1) is 0 Å². The molecule has 0 spiro atoms. The van der Waals surface area contributed by atoms with Crippen molar-refractivity contribution in [1.29, 1.82) is 5.26 Å². The molecule has 0 aromatic heterocycles. The molecule has 0 bridgehead atoms. The van der Waals surface area contributed by atoms with E-state index in [0.717, 1.165) is 0 Å². The zero-order chi connectivity index (χ0) is 14.4. The fourth-order valence-corrected chi connectivity index (χ4v) is 1.58. The van der Waals surface area contributed by atoms with Crippen LogP contribution < -0.4 is 0 Å². The molecule has 1 atom stereocenters. The number of rotatable bonds is 5. The Hall–Kier alpha value is -2.39. The number of nitrogens with zero attached hydrogens (tertiary/aromatic N) is 1. The van der Waals surface area contributed by atoms with Crippen molar-refractivity contribution in [2.75, 3.05) is 7.11 Å². The molecule has 0 amide bonds. The number of nitriles is 1. The molecule has 0 saturated carbocycles. The highest BCUT2D eigenvalue weighted by atomic mass is 16.5. The number of carboxylic acid groups (broad SMARTS) is 1. The molecule has 1 aromatic carbocycles. The molecule has 0 aliphatic carbocycles. The quantitative estimate of drug-likeness (QED) is 0.760. The third kappa shape index (κ3) is 3.79. The van der Waals surface area contributed by atoms with E-state index in [-0.39, 0.29) is 18.4 Å². The number of esters is 1. The number of benzene rings is 1. The zero-order valence-electron chi connectivity index (χ0n) is 10.3. The normalized spacial score (nSPS) is 11.4. The van der Waals surface area contributed by atoms with Gasteiger partial charge in [-0.25, -0.2) is 4.79 Å². The van der Waals surface area contributed by atoms with Crippen molar-refractivity contribution in [3.05, 3.63) is 34.9 Å². The van der Waals surface area contributed by atoms with Crippen molar-refractivity contribution in [3.63, 3.8) is 0 Å². The minimum absolute atomic E-state index is 0.0812. The van der Waals surface area contributed by atoms with Crippen LogP contribution in [0.4, 0.5) is 0 Å². The van der Waals surface area contributed by atoms with E-state index >= 15 is 0 Å². The lowest BCUT2D eigenvalue weighted by molar-refractivity contribution is -0.147. The number of carbonyl (C=O) groups excluding carboxylic acids is 1. The number of aliphatic hydroxyl groups excluding tert-OH is 1. The Morgan fingerprint density at radius 1 is 1.47 bits per heavy atom. The molecule has 19 heavy (non-hydrogen) atoms. The minimum Gasteiger partial charge on any atom is -0.479 e. The Kier molecular flexibility index (Phi) is 5.03. The highest BCUT2D eigenvalue weighted by Gasteiger charge is 2.17. The summed E-state index contributed by atoms with van der Waals surface area (Å²) < 4.78 is 4.50. The van der Waals surface area contributed by atoms with Gasteiger partial charge in [-0.1, -0.05) is 12.1 Å². The van der Waals surface area contributed by atoms with Gasteiger partial charge < -0.3 is 14.9 Å². The number of aliphatic carboxylic acids is 1. The molecule has 0 aliphatic rings. The highest BCUT2D eigenvalue weighted by Crippen LogP contribution is 2.19. The van der Waals surface area contributed by atoms with Crippen LogP contribution in [0.25, 0.3) is 0 Å². The molecule has 1 aromatic rings. The number of carbonyl (C=O) groups is 2. The Balaban J connectivity index is 3.00. The Morgan fingerprint density at radius 3 is 2.68 bits per heavy atom. The lowest BCUT2D eigenvalue weighted by Gasteiger charge is -2.09. The third-order valence-corrected chi connectivity index (χ3v) is 2.63. The van der Waals surface area contributed by atoms with Crippen LogP contribution in [0.3, 0.4) is 0 Å². The van der Waals surface area contributed by atoms with Crippen LogP contribution in [-0.4, -0.2) is 29.3 Å². The van der Waals surface area contributed by atoms with Gasteiger partial charge in [0.05, 0.1) is 18.7 Å². The Bertz CT molecular complexity index is 532. The van der Waals surface area contributed by atoms with Gasteiger partial charge in [0.2, 0.25) is 0 Å². The maximum Gasteiger partial charge on any atom is 0.337 e. The first kappa shape index (κ1) is 14.7. The van der Waals surface area contributed by atoms with Crippen LogP contribution in [-0.2, 0) is 20.7 Å². The van der Waals surface area contributed by atoms with Gasteiger partial charge in [-0.05, 0) is 23.6 Å². The molecule has 100 valence electrons. The lowest BCUT2D eigenvalue weighted by Crippen LogP contribution is -2.11. The molecule has 0 fully saturated rings. The SMILES string of the molecule is COC(=O)CCc1cc(C(O)C(=O)O)ccc1C#N. The first-order valence-electron chi connectivity index (χ1n) is 5.50. The van der Waals surface area contributed by atoms with E-state index in [0.29, 0.717) is 11.1 Å². The monoisotopic (exact) mass is 263 g/mol. The molecule has 0 aliphatic heterocycles. The van der Waals surface area contributed by atoms with Crippen molar-refractivity contribution in [3.8, 4) is 6.07 Å². The summed E-state index contributed by atoms with van der Waals surface area (Å²) in [6.07, 6.45) is -1.32. The summed E-state index contributed by atoms with van der Waals surface area (Å²) in [5.74, 6) is -1.79. The van der Waals surface area contributed by atoms with E-state index < -0.39 is 18.0 Å². The maximum absolute atomic E-state index is 11.1. The largest absolute Gasteiger partial charge is 0.479 e. The summed E-state index contributed by atoms with van der Waals surface area (Å²) in [7, 11) is 1.26. The van der Waals surface area contributed by atoms with Gasteiger partial charge in [-0.3, -0.25) is 4.79 Å². The van der Waals surface area contributed by atoms with E-state index in [1.54, 1.807) is 0 Å². The molecule has 6 nitrogen and oxygen atoms in total. The standard InChI is InChI=1S/C13H13NO5/c1-19-11(15)5-4-8-6-9(12(16)13(17)18)2-3-10(8)7-14/h2-3,6,12,16H,4-5H2,1H3,(H,17,18). The van der Waals surface area contributed by atoms with E-state index in [2.05, 4.69) is 4.74 Å². The van der Waals surface area contributed by atoms with Crippen molar-refractivity contribution < 1.29 is 24.5 Å². The van der Waals surface area contributed by atoms with E-state index in [1.807, 2.05) is 6.07 Å². The number of hydrogen-bond donors (Lipinski definition) is 2. The molecule has 0 radical (unpaired) electrons. The smallest absolute Gasteiger partial charge is 0.337 e. The van der Waals surface area contributed by atoms with Crippen LogP contribution in [0.15, 0.2) is 18.2 Å². The van der Waals surface area contributed by atoms with Crippen molar-refractivity contribution in [1.82, 2.24) is 0 Å². The van der Waals surface area contributed by atoms with Crippen LogP contribution >= 0.6 is 0 Å². The average molecular weight is 263 g/mol. The Morgan fingerprint density at radius 2 is 2.16 bits per heavy atom. The number of aryl methyl sites for hydroxylation is 1. The van der Waals surface area contributed by atoms with Gasteiger partial charge in [0, 0.05) is 6.42 Å². The van der Waals surface area contributed by atoms with Crippen LogP contribution in [0.2, 0.25) is 0 Å². The molecular weight excluding hydrogens is 250 g/mol. The molecule has 0 heterocycles. The van der Waals surface area contributed by atoms with Crippen molar-refractivity contribution >= 4 is 11.9 Å². The molecule has 1 rings (SSSR count). The first-order valence-corrected chi connectivity index (χ1v) is 5.50. The summed E-state index contributed by atoms with van der Waals surface area (Å²) in [5.41, 5.74) is 1.02. The predicted octanol–water partition coefficient (Wildman–Crippen LogP) is 0.782. The average Bonchev–Trinajstić information content (AvgIpc) is 2.43. The molecular formula is C13H13NO5. The summed E-state index contributed by atoms with van der Waals surface area (Å²) in [6, 6.07) is 6.17. The van der Waals surface area contributed by atoms with E-state index in [1.165, 1.54) is 25.3 Å². The molecule has 1 unspecified atom stereocenters. The zero-order valence-corrected chi connectivity index (χ0v) is 10.3. The number of methoxy groups -OCH3 is 1. The fraction of sp³-hybridized carbons (Fsp3) is 0.308. The summed E-state index contributed by atoms with van der Waals surface area (Å²) >= 11 is 0. The Labute approximate surface area is 109 Å². The highest BCUT2D eigenvalue weighted by molar-refractivity contribution is 5.74. The third-order valence-electron chi connectivity index (χ3n) is 2.63. The second-order valence-corrected chi connectivity index (χ2v) is 3.85. The van der Waals surface area contributed by atoms with E-state index in [4.69, 9.17) is 10.4 Å². The topological polar surface area (TPSA) is 108 Å². The van der Waals surface area contributed by atoms with Crippen LogP contribution in [0.5, 0.6) is 0 Å². The minimum atomic E-state index is -1.65. The van der Waals surface area contributed by atoms with Gasteiger partial charge >= 0.3 is 11.9 Å². The second kappa shape index (κ2) is 6.52. The molecule has 0 saturated heterocycles. The molecule has 6 heteroatoms. The van der Waals surface area contributed by atoms with Gasteiger partial charge in [-0.2, -0.15) is 5.26 Å². The fourth-order valence-electron chi connectivity index (χ4n) is 1.58. The van der Waals surface area contributed by atoms with E-state index in [9.17, 15) is 14.7 Å². The number of ether oxygens (including phenoxy) is 1. The molecule has 2 N–H and O–H groups in total. The predicted molar refractivity (Wildman–Crippen MR) is 64.1 cm³/mol. The first-order chi connectivity index (χ1) is 8.99. The number of aliphatic hydroxyl groups is 1. The van der Waals surface area contributed by atoms with Gasteiger partial charge in [0.1, 0.15) is 0 Å². The summed E-state index contributed by atoms with van der Waals surface area (Å²) in [6.45, 7) is 0. The van der Waals surface area contributed by atoms with Crippen LogP contribution in [0, 0.1) is 11.3 Å². The second-order valence-electron chi connectivity index (χ2n) is 3.85. The van der Waals surface area contributed by atoms with Gasteiger partial charge in [0.15, 0.2) is 6.10 Å². The maximum atomic E-state index is 11.1. The van der Waals surface area contributed by atoms with Gasteiger partial charge in [0.25, 0.3) is 0 Å². The lowest BCUT2D eigenvalue weighted by atomic mass is 9.98. The summed E-state index contributed by atoms with van der Waals surface area (Å²) in [5, 5.41) is 27.1.